The lowest BCUT2D eigenvalue weighted by atomic mass is 9.89. The molecule has 2 fully saturated rings. The van der Waals surface area contributed by atoms with Crippen LogP contribution in [0.25, 0.3) is 0 Å². The second kappa shape index (κ2) is 9.23. The van der Waals surface area contributed by atoms with Crippen molar-refractivity contribution in [2.75, 3.05) is 32.8 Å². The molecule has 1 amide bonds. The minimum absolute atomic E-state index is 0.217. The van der Waals surface area contributed by atoms with Crippen molar-refractivity contribution >= 4 is 5.91 Å². The lowest BCUT2D eigenvalue weighted by Crippen LogP contribution is -2.46. The number of piperidine rings is 2. The molecular weight excluding hydrogens is 312 g/mol. The van der Waals surface area contributed by atoms with Crippen molar-refractivity contribution in [3.63, 3.8) is 0 Å². The molecule has 3 rings (SSSR count). The molecular formula is C21H32N2O2. The monoisotopic (exact) mass is 344 g/mol. The Balaban J connectivity index is 1.39. The topological polar surface area (TPSA) is 41.6 Å². The minimum atomic E-state index is 0.217. The fourth-order valence-electron chi connectivity index (χ4n) is 4.05. The first-order chi connectivity index (χ1) is 12.3. The van der Waals surface area contributed by atoms with Gasteiger partial charge in [-0.3, -0.25) is 4.79 Å². The molecule has 0 bridgehead atoms. The van der Waals surface area contributed by atoms with Crippen molar-refractivity contribution in [1.29, 1.82) is 0 Å². The highest BCUT2D eigenvalue weighted by atomic mass is 16.5. The molecule has 1 unspecified atom stereocenters. The molecule has 0 aliphatic carbocycles. The smallest absolute Gasteiger partial charge is 0.226 e. The van der Waals surface area contributed by atoms with Gasteiger partial charge in [0.1, 0.15) is 5.75 Å². The number of nitrogens with one attached hydrogen (secondary N) is 1. The normalized spacial score (nSPS) is 22.0. The first-order valence-electron chi connectivity index (χ1n) is 9.97. The third-order valence-corrected chi connectivity index (χ3v) is 5.65. The Hall–Kier alpha value is -1.55. The van der Waals surface area contributed by atoms with Crippen LogP contribution < -0.4 is 10.1 Å². The molecule has 1 atom stereocenters. The highest BCUT2D eigenvalue weighted by molar-refractivity contribution is 5.79. The predicted molar refractivity (Wildman–Crippen MR) is 101 cm³/mol. The maximum atomic E-state index is 12.6. The number of aryl methyl sites for hydroxylation is 1. The summed E-state index contributed by atoms with van der Waals surface area (Å²) >= 11 is 0. The van der Waals surface area contributed by atoms with E-state index in [9.17, 15) is 4.79 Å². The maximum Gasteiger partial charge on any atom is 0.226 e. The molecule has 1 aromatic rings. The van der Waals surface area contributed by atoms with Crippen molar-refractivity contribution < 1.29 is 9.53 Å². The average molecular weight is 344 g/mol. The van der Waals surface area contributed by atoms with Crippen LogP contribution in [-0.2, 0) is 11.2 Å². The Kier molecular flexibility index (Phi) is 6.74. The van der Waals surface area contributed by atoms with Gasteiger partial charge in [0.05, 0.1) is 12.5 Å². The lowest BCUT2D eigenvalue weighted by Gasteiger charge is -2.35. The molecule has 4 heteroatoms. The summed E-state index contributed by atoms with van der Waals surface area (Å²) in [5, 5.41) is 3.36. The summed E-state index contributed by atoms with van der Waals surface area (Å²) in [7, 11) is 0. The van der Waals surface area contributed by atoms with Gasteiger partial charge in [0, 0.05) is 19.6 Å². The number of rotatable bonds is 6. The highest BCUT2D eigenvalue weighted by Gasteiger charge is 2.28. The van der Waals surface area contributed by atoms with Crippen LogP contribution in [0.2, 0.25) is 0 Å². The van der Waals surface area contributed by atoms with Gasteiger partial charge in [0.2, 0.25) is 5.91 Å². The van der Waals surface area contributed by atoms with Gasteiger partial charge in [0.25, 0.3) is 0 Å². The van der Waals surface area contributed by atoms with Crippen LogP contribution in [0.5, 0.6) is 5.75 Å². The van der Waals surface area contributed by atoms with E-state index in [1.807, 2.05) is 6.92 Å². The zero-order valence-electron chi connectivity index (χ0n) is 15.5. The number of hydrogen-bond donors (Lipinski definition) is 1. The van der Waals surface area contributed by atoms with E-state index in [0.717, 1.165) is 70.0 Å². The molecule has 2 saturated heterocycles. The van der Waals surface area contributed by atoms with Gasteiger partial charge in [0.15, 0.2) is 0 Å². The van der Waals surface area contributed by atoms with E-state index in [0.29, 0.717) is 12.5 Å². The maximum absolute atomic E-state index is 12.6. The van der Waals surface area contributed by atoms with Gasteiger partial charge < -0.3 is 15.0 Å². The van der Waals surface area contributed by atoms with Crippen molar-refractivity contribution in [2.45, 2.75) is 45.4 Å². The average Bonchev–Trinajstić information content (AvgIpc) is 2.68. The highest BCUT2D eigenvalue weighted by Crippen LogP contribution is 2.25. The van der Waals surface area contributed by atoms with Crippen LogP contribution in [0.1, 0.15) is 44.6 Å². The number of amides is 1. The van der Waals surface area contributed by atoms with Crippen LogP contribution >= 0.6 is 0 Å². The molecule has 0 radical (unpaired) electrons. The number of ether oxygens (including phenoxy) is 1. The van der Waals surface area contributed by atoms with Crippen LogP contribution in [0.3, 0.4) is 0 Å². The molecule has 1 aromatic carbocycles. The fraction of sp³-hybridized carbons (Fsp3) is 0.667. The summed E-state index contributed by atoms with van der Waals surface area (Å²) in [6.45, 7) is 6.56. The van der Waals surface area contributed by atoms with Crippen molar-refractivity contribution in [1.82, 2.24) is 10.2 Å². The van der Waals surface area contributed by atoms with Crippen molar-refractivity contribution in [3.05, 3.63) is 29.8 Å². The summed E-state index contributed by atoms with van der Waals surface area (Å²) in [6, 6.07) is 8.50. The molecule has 0 saturated carbocycles. The van der Waals surface area contributed by atoms with Gasteiger partial charge in [-0.05, 0) is 75.6 Å². The quantitative estimate of drug-likeness (QED) is 0.861. The van der Waals surface area contributed by atoms with Gasteiger partial charge >= 0.3 is 0 Å². The van der Waals surface area contributed by atoms with E-state index in [-0.39, 0.29) is 5.92 Å². The number of nitrogens with zero attached hydrogens (tertiary/aromatic N) is 1. The Bertz CT molecular complexity index is 529. The summed E-state index contributed by atoms with van der Waals surface area (Å²) < 4.78 is 5.50. The first kappa shape index (κ1) is 18.2. The van der Waals surface area contributed by atoms with Crippen LogP contribution in [0, 0.1) is 11.8 Å². The number of carbonyl (C=O) groups excluding carboxylic acids is 1. The summed E-state index contributed by atoms with van der Waals surface area (Å²) in [5.74, 6) is 2.31. The van der Waals surface area contributed by atoms with E-state index in [1.54, 1.807) is 0 Å². The zero-order valence-corrected chi connectivity index (χ0v) is 15.5. The summed E-state index contributed by atoms with van der Waals surface area (Å²) in [4.78, 5) is 14.7. The third-order valence-electron chi connectivity index (χ3n) is 5.65. The number of likely N-dealkylation sites (tertiary alicyclic amines) is 1. The molecule has 0 spiro atoms. The standard InChI is InChI=1S/C21H32N2O2/c1-2-25-20-9-7-17(8-10-20)5-6-18-11-14-23(15-12-18)21(24)19-4-3-13-22-16-19/h7-10,18-19,22H,2-6,11-16H2,1H3. The molecule has 0 aromatic heterocycles. The SMILES string of the molecule is CCOc1ccc(CCC2CCN(C(=O)C3CCCNC3)CC2)cc1. The van der Waals surface area contributed by atoms with Crippen LogP contribution in [0.15, 0.2) is 24.3 Å². The van der Waals surface area contributed by atoms with Gasteiger partial charge in [-0.25, -0.2) is 0 Å². The van der Waals surface area contributed by atoms with Gasteiger partial charge in [-0.2, -0.15) is 0 Å². The number of benzene rings is 1. The summed E-state index contributed by atoms with van der Waals surface area (Å²) in [6.07, 6.45) is 6.85. The number of carbonyl (C=O) groups is 1. The Morgan fingerprint density at radius 1 is 1.20 bits per heavy atom. The summed E-state index contributed by atoms with van der Waals surface area (Å²) in [5.41, 5.74) is 1.38. The first-order valence-corrected chi connectivity index (χ1v) is 9.97. The Morgan fingerprint density at radius 3 is 2.60 bits per heavy atom. The van der Waals surface area contributed by atoms with Crippen LogP contribution in [-0.4, -0.2) is 43.6 Å². The predicted octanol–water partition coefficient (Wildman–Crippen LogP) is 3.26. The molecule has 2 aliphatic heterocycles. The molecule has 138 valence electrons. The Morgan fingerprint density at radius 2 is 1.96 bits per heavy atom. The van der Waals surface area contributed by atoms with E-state index in [2.05, 4.69) is 34.5 Å². The van der Waals surface area contributed by atoms with Gasteiger partial charge in [-0.1, -0.05) is 12.1 Å². The third kappa shape index (κ3) is 5.21. The molecule has 2 heterocycles. The molecule has 4 nitrogen and oxygen atoms in total. The van der Waals surface area contributed by atoms with E-state index in [1.165, 1.54) is 12.0 Å². The molecule has 2 aliphatic rings. The van der Waals surface area contributed by atoms with E-state index in [4.69, 9.17) is 4.74 Å². The van der Waals surface area contributed by atoms with E-state index < -0.39 is 0 Å². The molecule has 25 heavy (non-hydrogen) atoms. The van der Waals surface area contributed by atoms with Crippen molar-refractivity contribution in [2.24, 2.45) is 11.8 Å². The number of hydrogen-bond acceptors (Lipinski definition) is 3. The molecule has 1 N–H and O–H groups in total. The Labute approximate surface area is 151 Å². The van der Waals surface area contributed by atoms with Crippen LogP contribution in [0.4, 0.5) is 0 Å². The fourth-order valence-corrected chi connectivity index (χ4v) is 4.05. The zero-order chi connectivity index (χ0) is 17.5. The second-order valence-electron chi connectivity index (χ2n) is 7.43. The largest absolute Gasteiger partial charge is 0.494 e. The van der Waals surface area contributed by atoms with E-state index >= 15 is 0 Å². The lowest BCUT2D eigenvalue weighted by molar-refractivity contribution is -0.137. The van der Waals surface area contributed by atoms with Gasteiger partial charge in [-0.15, -0.1) is 0 Å². The minimum Gasteiger partial charge on any atom is -0.494 e. The second-order valence-corrected chi connectivity index (χ2v) is 7.43. The van der Waals surface area contributed by atoms with Crippen molar-refractivity contribution in [3.8, 4) is 5.75 Å².